The molecular weight excluding hydrogens is 1080 g/mol. The molecular formula is C68H63N4OPt-. The summed E-state index contributed by atoms with van der Waals surface area (Å²) in [7, 11) is 0. The molecule has 0 saturated carbocycles. The minimum absolute atomic E-state index is 0. The van der Waals surface area contributed by atoms with Crippen molar-refractivity contribution in [2.75, 3.05) is 0 Å². The number of aromatic nitrogens is 4. The Bertz CT molecular complexity index is 3900. The Hall–Kier alpha value is -7.33. The van der Waals surface area contributed by atoms with Crippen LogP contribution in [0.15, 0.2) is 176 Å². The fourth-order valence-corrected chi connectivity index (χ4v) is 10.5. The van der Waals surface area contributed by atoms with Crippen molar-refractivity contribution in [3.63, 3.8) is 0 Å². The molecule has 0 radical (unpaired) electrons. The third kappa shape index (κ3) is 9.00. The number of aryl methyl sites for hydroxylation is 1. The standard InChI is InChI=1S/C68H63N4O.Pt/c1-42-34-60-63(70-65(57-23-16-18-27-61(57)73)72(60)53-40-50(67(6,7)8)39-51(41-53)68(9,10)11)62(43(42)2)48-36-46(44-28-30-49(31-29-44)66(3,4)5)35-47(37-48)58-38-45(32-33-69-58)54-24-19-25-56-55-22-15-17-26-59(55)71(64(54)56)52-20-13-12-14-21-52;/h12-36,38-41,73H,1-11H3;/q-1;. The molecule has 0 atom stereocenters. The summed E-state index contributed by atoms with van der Waals surface area (Å²) < 4.78 is 4.66. The Labute approximate surface area is 450 Å². The first-order valence-corrected chi connectivity index (χ1v) is 25.5. The molecule has 8 aromatic carbocycles. The average Bonchev–Trinajstić information content (AvgIpc) is 3.92. The first-order valence-electron chi connectivity index (χ1n) is 25.5. The van der Waals surface area contributed by atoms with E-state index in [1.807, 2.05) is 24.4 Å². The van der Waals surface area contributed by atoms with Crippen LogP contribution in [0.25, 0.3) is 100 Å². The molecule has 0 saturated heterocycles. The summed E-state index contributed by atoms with van der Waals surface area (Å²) in [5, 5.41) is 14.0. The summed E-state index contributed by atoms with van der Waals surface area (Å²) in [6.45, 7) is 24.8. The Morgan fingerprint density at radius 3 is 1.80 bits per heavy atom. The summed E-state index contributed by atoms with van der Waals surface area (Å²) in [6, 6.07) is 64.6. The molecule has 11 rings (SSSR count). The number of fused-ring (bicyclic) bond motifs is 4. The van der Waals surface area contributed by atoms with Gasteiger partial charge in [-0.3, -0.25) is 9.55 Å². The van der Waals surface area contributed by atoms with Gasteiger partial charge in [-0.05, 0) is 113 Å². The van der Waals surface area contributed by atoms with Crippen molar-refractivity contribution in [3.05, 3.63) is 210 Å². The average molecular weight is 1150 g/mol. The molecule has 1 N–H and O–H groups in total. The van der Waals surface area contributed by atoms with Gasteiger partial charge < -0.3 is 9.67 Å². The quantitative estimate of drug-likeness (QED) is 0.162. The van der Waals surface area contributed by atoms with Crippen molar-refractivity contribution in [2.45, 2.75) is 92.4 Å². The van der Waals surface area contributed by atoms with Crippen molar-refractivity contribution < 1.29 is 26.2 Å². The monoisotopic (exact) mass is 1150 g/mol. The van der Waals surface area contributed by atoms with Crippen molar-refractivity contribution in [2.24, 2.45) is 0 Å². The number of rotatable bonds is 7. The second kappa shape index (κ2) is 18.9. The predicted octanol–water partition coefficient (Wildman–Crippen LogP) is 17.9. The maximum Gasteiger partial charge on any atom is 0.148 e. The van der Waals surface area contributed by atoms with E-state index < -0.39 is 0 Å². The summed E-state index contributed by atoms with van der Waals surface area (Å²) in [5.74, 6) is 0.855. The van der Waals surface area contributed by atoms with E-state index in [4.69, 9.17) is 9.97 Å². The molecule has 0 bridgehead atoms. The van der Waals surface area contributed by atoms with Gasteiger partial charge in [0, 0.05) is 60.7 Å². The minimum atomic E-state index is -0.117. The molecule has 0 aliphatic rings. The van der Waals surface area contributed by atoms with E-state index >= 15 is 0 Å². The molecule has 372 valence electrons. The van der Waals surface area contributed by atoms with Crippen LogP contribution in [-0.2, 0) is 37.3 Å². The van der Waals surface area contributed by atoms with Gasteiger partial charge in [-0.25, -0.2) is 4.98 Å². The first-order chi connectivity index (χ1) is 34.8. The number of benzene rings is 8. The Kier molecular flexibility index (Phi) is 12.8. The number of hydrogen-bond donors (Lipinski definition) is 1. The van der Waals surface area contributed by atoms with Gasteiger partial charge in [0.15, 0.2) is 0 Å². The third-order valence-electron chi connectivity index (χ3n) is 14.8. The summed E-state index contributed by atoms with van der Waals surface area (Å²) >= 11 is 0. The summed E-state index contributed by atoms with van der Waals surface area (Å²) in [5.41, 5.74) is 20.6. The fraction of sp³-hybridized carbons (Fsp3) is 0.206. The van der Waals surface area contributed by atoms with Crippen LogP contribution in [0.5, 0.6) is 5.75 Å². The van der Waals surface area contributed by atoms with E-state index in [0.29, 0.717) is 11.4 Å². The topological polar surface area (TPSA) is 55.9 Å². The molecule has 3 heterocycles. The van der Waals surface area contributed by atoms with E-state index in [0.717, 1.165) is 89.2 Å². The molecule has 0 unspecified atom stereocenters. The van der Waals surface area contributed by atoms with Crippen LogP contribution in [0.3, 0.4) is 0 Å². The van der Waals surface area contributed by atoms with Gasteiger partial charge in [-0.15, -0.1) is 23.8 Å². The molecule has 0 spiro atoms. The van der Waals surface area contributed by atoms with E-state index in [1.165, 1.54) is 27.5 Å². The molecule has 0 amide bonds. The molecule has 5 nitrogen and oxygen atoms in total. The van der Waals surface area contributed by atoms with Crippen molar-refractivity contribution in [1.82, 2.24) is 19.1 Å². The number of phenols is 1. The number of nitrogens with zero attached hydrogens (tertiary/aromatic N) is 4. The molecule has 0 aliphatic carbocycles. The molecule has 3 aromatic heterocycles. The Morgan fingerprint density at radius 1 is 0.486 bits per heavy atom. The van der Waals surface area contributed by atoms with Crippen LogP contribution >= 0.6 is 0 Å². The maximum atomic E-state index is 11.6. The first kappa shape index (κ1) is 50.2. The van der Waals surface area contributed by atoms with Crippen molar-refractivity contribution >= 4 is 32.8 Å². The number of phenolic OH excluding ortho intramolecular Hbond substituents is 1. The SMILES string of the molecule is Cc1cc2c(nc(-c3ccccc3O)n2-c2cc(C(C)(C)C)cc(C(C)(C)C)c2)c(-c2[c-]c(-c3cc(-c4cccc5c6ccccc6n(-c6ccccc6)c45)ccn3)cc(-c3ccc(C(C)(C)C)cc3)c2)c1C.[Pt]. The van der Waals surface area contributed by atoms with E-state index in [2.05, 4.69) is 237 Å². The molecule has 6 heteroatoms. The van der Waals surface area contributed by atoms with E-state index in [9.17, 15) is 5.11 Å². The van der Waals surface area contributed by atoms with Crippen LogP contribution in [0, 0.1) is 19.9 Å². The smallest absolute Gasteiger partial charge is 0.148 e. The fourth-order valence-electron chi connectivity index (χ4n) is 10.5. The maximum absolute atomic E-state index is 11.6. The largest absolute Gasteiger partial charge is 0.507 e. The second-order valence-electron chi connectivity index (χ2n) is 23.0. The van der Waals surface area contributed by atoms with Gasteiger partial charge in [-0.1, -0.05) is 193 Å². The summed E-state index contributed by atoms with van der Waals surface area (Å²) in [4.78, 5) is 10.8. The van der Waals surface area contributed by atoms with Crippen LogP contribution in [0.2, 0.25) is 0 Å². The van der Waals surface area contributed by atoms with Crippen LogP contribution in [0.4, 0.5) is 0 Å². The number of pyridine rings is 1. The predicted molar refractivity (Wildman–Crippen MR) is 306 cm³/mol. The van der Waals surface area contributed by atoms with Gasteiger partial charge in [0.25, 0.3) is 0 Å². The van der Waals surface area contributed by atoms with Gasteiger partial charge in [0.2, 0.25) is 0 Å². The van der Waals surface area contributed by atoms with Crippen LogP contribution in [-0.4, -0.2) is 24.2 Å². The zero-order valence-corrected chi connectivity index (χ0v) is 46.6. The molecule has 0 fully saturated rings. The second-order valence-corrected chi connectivity index (χ2v) is 23.0. The Balaban J connectivity index is 0.00000626. The summed E-state index contributed by atoms with van der Waals surface area (Å²) in [6.07, 6.45) is 1.94. The molecule has 0 aliphatic heterocycles. The zero-order chi connectivity index (χ0) is 51.1. The van der Waals surface area contributed by atoms with Gasteiger partial charge in [0.05, 0.1) is 27.6 Å². The number of imidazole rings is 1. The number of hydrogen-bond acceptors (Lipinski definition) is 3. The molecule has 74 heavy (non-hydrogen) atoms. The Morgan fingerprint density at radius 2 is 1.11 bits per heavy atom. The van der Waals surface area contributed by atoms with E-state index in [-0.39, 0.29) is 43.1 Å². The number of aromatic hydroxyl groups is 1. The van der Waals surface area contributed by atoms with Crippen LogP contribution in [0.1, 0.15) is 90.1 Å². The van der Waals surface area contributed by atoms with Crippen LogP contribution < -0.4 is 0 Å². The third-order valence-corrected chi connectivity index (χ3v) is 14.8. The van der Waals surface area contributed by atoms with E-state index in [1.54, 1.807) is 6.07 Å². The van der Waals surface area contributed by atoms with Crippen molar-refractivity contribution in [1.29, 1.82) is 0 Å². The number of para-hydroxylation sites is 4. The minimum Gasteiger partial charge on any atom is -0.507 e. The van der Waals surface area contributed by atoms with Gasteiger partial charge >= 0.3 is 0 Å². The van der Waals surface area contributed by atoms with Gasteiger partial charge in [-0.2, -0.15) is 0 Å². The molecule has 11 aromatic rings. The zero-order valence-electron chi connectivity index (χ0n) is 44.3. The van der Waals surface area contributed by atoms with Gasteiger partial charge in [0.1, 0.15) is 11.6 Å². The van der Waals surface area contributed by atoms with Crippen molar-refractivity contribution in [3.8, 4) is 73.2 Å². The normalized spacial score (nSPS) is 12.2.